The van der Waals surface area contributed by atoms with Crippen LogP contribution < -0.4 is 4.90 Å². The first kappa shape index (κ1) is 14.0. The fourth-order valence-electron chi connectivity index (χ4n) is 3.25. The summed E-state index contributed by atoms with van der Waals surface area (Å²) in [4.78, 5) is 32.0. The topological polar surface area (TPSA) is 62.7 Å². The number of pyridine rings is 1. The number of anilines is 1. The first-order valence-electron chi connectivity index (χ1n) is 7.12. The maximum absolute atomic E-state index is 12.3. The van der Waals surface area contributed by atoms with E-state index in [4.69, 9.17) is 4.74 Å². The molecule has 2 saturated heterocycles. The molecule has 0 saturated carbocycles. The lowest BCUT2D eigenvalue weighted by Gasteiger charge is -2.23. The van der Waals surface area contributed by atoms with Crippen LogP contribution in [0.15, 0.2) is 24.4 Å². The van der Waals surface area contributed by atoms with E-state index in [1.807, 2.05) is 18.2 Å². The van der Waals surface area contributed by atoms with Crippen LogP contribution in [0.1, 0.15) is 12.8 Å². The number of nitrogens with zero attached hydrogens (tertiary/aromatic N) is 3. The third-order valence-corrected chi connectivity index (χ3v) is 4.31. The quantitative estimate of drug-likeness (QED) is 0.821. The Hall–Kier alpha value is -1.95. The van der Waals surface area contributed by atoms with Gasteiger partial charge < -0.3 is 9.64 Å². The molecule has 1 atom stereocenters. The van der Waals surface area contributed by atoms with Crippen molar-refractivity contribution >= 4 is 17.6 Å². The Morgan fingerprint density at radius 2 is 2.29 bits per heavy atom. The molecule has 1 aromatic heterocycles. The Balaban J connectivity index is 1.72. The van der Waals surface area contributed by atoms with Gasteiger partial charge in [-0.25, -0.2) is 4.98 Å². The zero-order valence-corrected chi connectivity index (χ0v) is 12.1. The third-order valence-electron chi connectivity index (χ3n) is 4.31. The van der Waals surface area contributed by atoms with E-state index in [9.17, 15) is 9.59 Å². The van der Waals surface area contributed by atoms with Gasteiger partial charge in [-0.15, -0.1) is 0 Å². The van der Waals surface area contributed by atoms with Crippen molar-refractivity contribution in [2.75, 3.05) is 38.3 Å². The number of likely N-dealkylation sites (tertiary alicyclic amines) is 1. The molecular weight excluding hydrogens is 270 g/mol. The molecule has 0 N–H and O–H groups in total. The van der Waals surface area contributed by atoms with E-state index in [1.165, 1.54) is 7.11 Å². The summed E-state index contributed by atoms with van der Waals surface area (Å²) in [5.74, 6) is 0.786. The highest BCUT2D eigenvalue weighted by Crippen LogP contribution is 2.41. The zero-order chi connectivity index (χ0) is 14.9. The van der Waals surface area contributed by atoms with Crippen molar-refractivity contribution in [1.29, 1.82) is 0 Å². The molecule has 21 heavy (non-hydrogen) atoms. The summed E-state index contributed by atoms with van der Waals surface area (Å²) >= 11 is 0. The predicted molar refractivity (Wildman–Crippen MR) is 76.7 cm³/mol. The lowest BCUT2D eigenvalue weighted by Crippen LogP contribution is -2.35. The van der Waals surface area contributed by atoms with Crippen LogP contribution in [0.25, 0.3) is 0 Å². The first-order chi connectivity index (χ1) is 10.1. The third kappa shape index (κ3) is 2.63. The second-order valence-corrected chi connectivity index (χ2v) is 5.84. The monoisotopic (exact) mass is 289 g/mol. The Bertz CT molecular complexity index is 548. The highest BCUT2D eigenvalue weighted by molar-refractivity contribution is 5.95. The number of aromatic nitrogens is 1. The maximum atomic E-state index is 12.3. The van der Waals surface area contributed by atoms with Gasteiger partial charge in [0, 0.05) is 44.8 Å². The maximum Gasteiger partial charge on any atom is 0.248 e. The molecule has 2 aliphatic heterocycles. The van der Waals surface area contributed by atoms with Crippen molar-refractivity contribution in [2.24, 2.45) is 5.41 Å². The fourth-order valence-corrected chi connectivity index (χ4v) is 3.25. The summed E-state index contributed by atoms with van der Waals surface area (Å²) in [6, 6.07) is 5.56. The van der Waals surface area contributed by atoms with E-state index >= 15 is 0 Å². The van der Waals surface area contributed by atoms with Crippen LogP contribution in [0.2, 0.25) is 0 Å². The minimum atomic E-state index is -0.127. The van der Waals surface area contributed by atoms with Gasteiger partial charge in [0.15, 0.2) is 0 Å². The lowest BCUT2D eigenvalue weighted by atomic mass is 9.86. The summed E-state index contributed by atoms with van der Waals surface area (Å²) in [7, 11) is 1.52. The molecule has 0 aliphatic carbocycles. The normalized spacial score (nSPS) is 25.1. The summed E-state index contributed by atoms with van der Waals surface area (Å²) in [6.07, 6.45) is 3.04. The van der Waals surface area contributed by atoms with Gasteiger partial charge in [0.25, 0.3) is 0 Å². The van der Waals surface area contributed by atoms with E-state index < -0.39 is 0 Å². The average molecular weight is 289 g/mol. The molecule has 1 spiro atoms. The van der Waals surface area contributed by atoms with Gasteiger partial charge in [-0.05, 0) is 18.6 Å². The number of carbonyl (C=O) groups excluding carboxylic acids is 2. The molecule has 0 unspecified atom stereocenters. The molecule has 0 bridgehead atoms. The van der Waals surface area contributed by atoms with Crippen molar-refractivity contribution in [1.82, 2.24) is 9.88 Å². The molecule has 2 amide bonds. The van der Waals surface area contributed by atoms with Crippen LogP contribution in [0.3, 0.4) is 0 Å². The Labute approximate surface area is 123 Å². The predicted octanol–water partition coefficient (Wildman–Crippen LogP) is 0.683. The van der Waals surface area contributed by atoms with Crippen molar-refractivity contribution in [3.05, 3.63) is 24.4 Å². The minimum absolute atomic E-state index is 0.00175. The highest BCUT2D eigenvalue weighted by Gasteiger charge is 2.48. The van der Waals surface area contributed by atoms with Crippen molar-refractivity contribution in [2.45, 2.75) is 12.8 Å². The number of carbonyl (C=O) groups is 2. The lowest BCUT2D eigenvalue weighted by molar-refractivity contribution is -0.134. The van der Waals surface area contributed by atoms with Gasteiger partial charge in [-0.3, -0.25) is 14.5 Å². The van der Waals surface area contributed by atoms with Crippen molar-refractivity contribution < 1.29 is 14.3 Å². The molecule has 2 aliphatic rings. The molecule has 1 aromatic rings. The summed E-state index contributed by atoms with van der Waals surface area (Å²) < 4.78 is 4.90. The molecule has 6 nitrogen and oxygen atoms in total. The largest absolute Gasteiger partial charge is 0.375 e. The van der Waals surface area contributed by atoms with Crippen LogP contribution in [-0.4, -0.2) is 55.0 Å². The molecule has 3 rings (SSSR count). The molecule has 6 heteroatoms. The molecule has 112 valence electrons. The van der Waals surface area contributed by atoms with E-state index in [0.717, 1.165) is 6.42 Å². The molecule has 2 fully saturated rings. The van der Waals surface area contributed by atoms with Gasteiger partial charge in [0.2, 0.25) is 11.8 Å². The second kappa shape index (κ2) is 5.44. The van der Waals surface area contributed by atoms with Crippen LogP contribution in [-0.2, 0) is 14.3 Å². The molecule has 3 heterocycles. The van der Waals surface area contributed by atoms with E-state index in [1.54, 1.807) is 16.0 Å². The van der Waals surface area contributed by atoms with Gasteiger partial charge in [0.05, 0.1) is 0 Å². The molecule has 0 aromatic carbocycles. The minimum Gasteiger partial charge on any atom is -0.375 e. The Morgan fingerprint density at radius 3 is 3.00 bits per heavy atom. The SMILES string of the molecule is COCC(=O)N1CC[C@@]2(CC(=O)N(c3ccccn3)C2)C1. The average Bonchev–Trinajstić information content (AvgIpc) is 3.04. The van der Waals surface area contributed by atoms with Gasteiger partial charge in [-0.1, -0.05) is 6.07 Å². The molecule has 0 radical (unpaired) electrons. The van der Waals surface area contributed by atoms with Crippen molar-refractivity contribution in [3.8, 4) is 0 Å². The number of rotatable bonds is 3. The van der Waals surface area contributed by atoms with Gasteiger partial charge >= 0.3 is 0 Å². The Kier molecular flexibility index (Phi) is 3.63. The molecular formula is C15H19N3O3. The zero-order valence-electron chi connectivity index (χ0n) is 12.1. The van der Waals surface area contributed by atoms with Crippen molar-refractivity contribution in [3.63, 3.8) is 0 Å². The summed E-state index contributed by atoms with van der Waals surface area (Å²) in [5, 5.41) is 0. The number of methoxy groups -OCH3 is 1. The Morgan fingerprint density at radius 1 is 1.43 bits per heavy atom. The second-order valence-electron chi connectivity index (χ2n) is 5.84. The highest BCUT2D eigenvalue weighted by atomic mass is 16.5. The number of hydrogen-bond donors (Lipinski definition) is 0. The van der Waals surface area contributed by atoms with Crippen LogP contribution in [0.4, 0.5) is 5.82 Å². The fraction of sp³-hybridized carbons (Fsp3) is 0.533. The van der Waals surface area contributed by atoms with Crippen LogP contribution >= 0.6 is 0 Å². The van der Waals surface area contributed by atoms with E-state index in [0.29, 0.717) is 31.9 Å². The summed E-state index contributed by atoms with van der Waals surface area (Å²) in [5.41, 5.74) is -0.127. The van der Waals surface area contributed by atoms with E-state index in [-0.39, 0.29) is 23.8 Å². The first-order valence-corrected chi connectivity index (χ1v) is 7.12. The smallest absolute Gasteiger partial charge is 0.248 e. The number of amides is 2. The number of ether oxygens (including phenoxy) is 1. The van der Waals surface area contributed by atoms with Crippen LogP contribution in [0.5, 0.6) is 0 Å². The van der Waals surface area contributed by atoms with Crippen LogP contribution in [0, 0.1) is 5.41 Å². The summed E-state index contributed by atoms with van der Waals surface area (Å²) in [6.45, 7) is 2.07. The standard InChI is InChI=1S/C15H19N3O3/c1-21-9-14(20)17-7-5-15(10-17)8-13(19)18(11-15)12-4-2-3-6-16-12/h2-4,6H,5,7-11H2,1H3/t15-/m1/s1. The number of hydrogen-bond acceptors (Lipinski definition) is 4. The van der Waals surface area contributed by atoms with E-state index in [2.05, 4.69) is 4.98 Å². The van der Waals surface area contributed by atoms with Gasteiger partial charge in [0.1, 0.15) is 12.4 Å². The van der Waals surface area contributed by atoms with Gasteiger partial charge in [-0.2, -0.15) is 0 Å².